The van der Waals surface area contributed by atoms with Crippen molar-refractivity contribution in [1.82, 2.24) is 15.1 Å². The Kier molecular flexibility index (Phi) is 6.94. The average molecular weight is 299 g/mol. The van der Waals surface area contributed by atoms with Crippen LogP contribution in [-0.4, -0.2) is 67.3 Å². The zero-order chi connectivity index (χ0) is 16.0. The van der Waals surface area contributed by atoms with E-state index >= 15 is 0 Å². The summed E-state index contributed by atoms with van der Waals surface area (Å²) < 4.78 is 5.36. The van der Waals surface area contributed by atoms with Crippen LogP contribution >= 0.6 is 0 Å². The van der Waals surface area contributed by atoms with E-state index in [2.05, 4.69) is 24.1 Å². The minimum atomic E-state index is -0.424. The zero-order valence-corrected chi connectivity index (χ0v) is 14.6. The molecule has 1 unspecified atom stereocenters. The van der Waals surface area contributed by atoms with Crippen LogP contribution in [0, 0.1) is 5.92 Å². The lowest BCUT2D eigenvalue weighted by Gasteiger charge is -2.26. The molecule has 0 aromatic heterocycles. The van der Waals surface area contributed by atoms with Crippen LogP contribution in [0.1, 0.15) is 41.0 Å². The van der Waals surface area contributed by atoms with E-state index in [0.29, 0.717) is 6.04 Å². The first-order chi connectivity index (χ1) is 9.67. The Labute approximate surface area is 130 Å². The summed E-state index contributed by atoms with van der Waals surface area (Å²) in [5.74, 6) is 0.735. The highest BCUT2D eigenvalue weighted by molar-refractivity contribution is 5.67. The van der Waals surface area contributed by atoms with Crippen LogP contribution < -0.4 is 5.32 Å². The number of carbonyl (C=O) groups excluding carboxylic acids is 1. The minimum absolute atomic E-state index is 0.236. The second-order valence-electron chi connectivity index (χ2n) is 7.42. The van der Waals surface area contributed by atoms with Crippen LogP contribution in [-0.2, 0) is 4.74 Å². The lowest BCUT2D eigenvalue weighted by Crippen LogP contribution is -2.39. The molecule has 0 radical (unpaired) electrons. The number of hydrogen-bond donors (Lipinski definition) is 1. The van der Waals surface area contributed by atoms with Gasteiger partial charge in [0.1, 0.15) is 5.60 Å². The number of carbonyl (C=O) groups is 1. The van der Waals surface area contributed by atoms with E-state index in [0.717, 1.165) is 38.6 Å². The average Bonchev–Trinajstić information content (AvgIpc) is 2.79. The SMILES string of the molecule is CC(C)NCC1CCN(CCN(C)C(=O)OC(C)(C)C)C1. The van der Waals surface area contributed by atoms with Crippen molar-refractivity contribution in [3.8, 4) is 0 Å². The molecule has 1 amide bonds. The third kappa shape index (κ3) is 7.67. The summed E-state index contributed by atoms with van der Waals surface area (Å²) in [7, 11) is 1.81. The normalized spacial score (nSPS) is 20.0. The van der Waals surface area contributed by atoms with Crippen molar-refractivity contribution in [3.63, 3.8) is 0 Å². The molecular weight excluding hydrogens is 266 g/mol. The summed E-state index contributed by atoms with van der Waals surface area (Å²) in [4.78, 5) is 16.0. The van der Waals surface area contributed by atoms with Crippen molar-refractivity contribution in [2.24, 2.45) is 5.92 Å². The van der Waals surface area contributed by atoms with Gasteiger partial charge in [0.05, 0.1) is 0 Å². The van der Waals surface area contributed by atoms with Gasteiger partial charge < -0.3 is 19.9 Å². The molecule has 0 aromatic carbocycles. The Morgan fingerprint density at radius 2 is 2.10 bits per heavy atom. The predicted molar refractivity (Wildman–Crippen MR) is 86.5 cm³/mol. The van der Waals surface area contributed by atoms with E-state index in [9.17, 15) is 4.79 Å². The molecule has 0 aromatic rings. The summed E-state index contributed by atoms with van der Waals surface area (Å²) in [5, 5.41) is 3.51. The third-order valence-electron chi connectivity index (χ3n) is 3.64. The van der Waals surface area contributed by atoms with E-state index < -0.39 is 5.60 Å². The van der Waals surface area contributed by atoms with E-state index in [1.54, 1.807) is 4.90 Å². The number of ether oxygens (including phenoxy) is 1. The van der Waals surface area contributed by atoms with E-state index in [1.807, 2.05) is 27.8 Å². The second-order valence-corrected chi connectivity index (χ2v) is 7.42. The fourth-order valence-electron chi connectivity index (χ4n) is 2.41. The topological polar surface area (TPSA) is 44.8 Å². The molecule has 124 valence electrons. The lowest BCUT2D eigenvalue weighted by molar-refractivity contribution is 0.0286. The number of nitrogens with zero attached hydrogens (tertiary/aromatic N) is 2. The Balaban J connectivity index is 2.22. The minimum Gasteiger partial charge on any atom is -0.444 e. The van der Waals surface area contributed by atoms with Gasteiger partial charge in [0, 0.05) is 32.7 Å². The summed E-state index contributed by atoms with van der Waals surface area (Å²) in [6, 6.07) is 0.553. The quantitative estimate of drug-likeness (QED) is 0.816. The number of amides is 1. The summed E-state index contributed by atoms with van der Waals surface area (Å²) in [6.45, 7) is 15.0. The predicted octanol–water partition coefficient (Wildman–Crippen LogP) is 2.17. The molecule has 1 fully saturated rings. The van der Waals surface area contributed by atoms with Crippen LogP contribution in [0.5, 0.6) is 0 Å². The molecule has 0 saturated carbocycles. The molecule has 1 N–H and O–H groups in total. The molecule has 1 aliphatic rings. The molecule has 5 nitrogen and oxygen atoms in total. The number of likely N-dealkylation sites (N-methyl/N-ethyl adjacent to an activating group) is 1. The van der Waals surface area contributed by atoms with Crippen molar-refractivity contribution in [2.45, 2.75) is 52.7 Å². The van der Waals surface area contributed by atoms with Crippen molar-refractivity contribution in [3.05, 3.63) is 0 Å². The van der Waals surface area contributed by atoms with Crippen LogP contribution in [0.15, 0.2) is 0 Å². The first-order valence-electron chi connectivity index (χ1n) is 8.07. The number of rotatable bonds is 6. The Bertz CT molecular complexity index is 326. The smallest absolute Gasteiger partial charge is 0.410 e. The summed E-state index contributed by atoms with van der Waals surface area (Å²) >= 11 is 0. The summed E-state index contributed by atoms with van der Waals surface area (Å²) in [6.07, 6.45) is 1.01. The fourth-order valence-corrected chi connectivity index (χ4v) is 2.41. The number of hydrogen-bond acceptors (Lipinski definition) is 4. The van der Waals surface area contributed by atoms with Gasteiger partial charge in [0.15, 0.2) is 0 Å². The largest absolute Gasteiger partial charge is 0.444 e. The Morgan fingerprint density at radius 1 is 1.43 bits per heavy atom. The van der Waals surface area contributed by atoms with Crippen LogP contribution in [0.2, 0.25) is 0 Å². The molecule has 5 heteroatoms. The monoisotopic (exact) mass is 299 g/mol. The van der Waals surface area contributed by atoms with Gasteiger partial charge in [-0.1, -0.05) is 13.8 Å². The van der Waals surface area contributed by atoms with Gasteiger partial charge in [-0.2, -0.15) is 0 Å². The molecule has 21 heavy (non-hydrogen) atoms. The van der Waals surface area contributed by atoms with Gasteiger partial charge in [-0.3, -0.25) is 0 Å². The van der Waals surface area contributed by atoms with Gasteiger partial charge in [-0.25, -0.2) is 4.79 Å². The van der Waals surface area contributed by atoms with Crippen molar-refractivity contribution in [1.29, 1.82) is 0 Å². The van der Waals surface area contributed by atoms with Crippen molar-refractivity contribution >= 4 is 6.09 Å². The maximum atomic E-state index is 11.9. The molecule has 0 spiro atoms. The molecule has 0 bridgehead atoms. The van der Waals surface area contributed by atoms with Gasteiger partial charge in [0.25, 0.3) is 0 Å². The van der Waals surface area contributed by atoms with E-state index in [4.69, 9.17) is 4.74 Å². The highest BCUT2D eigenvalue weighted by Crippen LogP contribution is 2.15. The van der Waals surface area contributed by atoms with Crippen molar-refractivity contribution in [2.75, 3.05) is 39.8 Å². The maximum absolute atomic E-state index is 11.9. The third-order valence-corrected chi connectivity index (χ3v) is 3.64. The number of likely N-dealkylation sites (tertiary alicyclic amines) is 1. The van der Waals surface area contributed by atoms with Crippen LogP contribution in [0.25, 0.3) is 0 Å². The fraction of sp³-hybridized carbons (Fsp3) is 0.938. The highest BCUT2D eigenvalue weighted by Gasteiger charge is 2.24. The standard InChI is InChI=1S/C16H33N3O2/c1-13(2)17-11-14-7-8-19(12-14)10-9-18(6)15(20)21-16(3,4)5/h13-14,17H,7-12H2,1-6H3. The summed E-state index contributed by atoms with van der Waals surface area (Å²) in [5.41, 5.74) is -0.424. The molecule has 1 saturated heterocycles. The Morgan fingerprint density at radius 3 is 2.67 bits per heavy atom. The first kappa shape index (κ1) is 18.2. The first-order valence-corrected chi connectivity index (χ1v) is 8.07. The van der Waals surface area contributed by atoms with E-state index in [-0.39, 0.29) is 6.09 Å². The van der Waals surface area contributed by atoms with Gasteiger partial charge in [0.2, 0.25) is 0 Å². The van der Waals surface area contributed by atoms with Gasteiger partial charge >= 0.3 is 6.09 Å². The number of nitrogens with one attached hydrogen (secondary N) is 1. The van der Waals surface area contributed by atoms with Gasteiger partial charge in [-0.15, -0.1) is 0 Å². The molecule has 1 heterocycles. The zero-order valence-electron chi connectivity index (χ0n) is 14.6. The Hall–Kier alpha value is -0.810. The van der Waals surface area contributed by atoms with Crippen LogP contribution in [0.3, 0.4) is 0 Å². The molecule has 1 rings (SSSR count). The van der Waals surface area contributed by atoms with Gasteiger partial charge in [-0.05, 0) is 46.2 Å². The molecule has 1 atom stereocenters. The highest BCUT2D eigenvalue weighted by atomic mass is 16.6. The second kappa shape index (κ2) is 7.99. The lowest BCUT2D eigenvalue weighted by atomic mass is 10.1. The molecule has 1 aliphatic heterocycles. The van der Waals surface area contributed by atoms with Crippen LogP contribution in [0.4, 0.5) is 4.79 Å². The van der Waals surface area contributed by atoms with Crippen molar-refractivity contribution < 1.29 is 9.53 Å². The molecular formula is C16H33N3O2. The van der Waals surface area contributed by atoms with E-state index in [1.165, 1.54) is 6.42 Å². The molecule has 0 aliphatic carbocycles. The maximum Gasteiger partial charge on any atom is 0.410 e.